The first-order chi connectivity index (χ1) is 12.4. The highest BCUT2D eigenvalue weighted by molar-refractivity contribution is 6.00. The fourth-order valence-electron chi connectivity index (χ4n) is 2.30. The molecule has 0 atom stereocenters. The van der Waals surface area contributed by atoms with Crippen molar-refractivity contribution in [2.75, 3.05) is 5.73 Å². The van der Waals surface area contributed by atoms with Gasteiger partial charge in [-0.1, -0.05) is 12.1 Å². The van der Waals surface area contributed by atoms with Crippen molar-refractivity contribution in [1.29, 1.82) is 0 Å². The van der Waals surface area contributed by atoms with Crippen LogP contribution >= 0.6 is 0 Å². The van der Waals surface area contributed by atoms with Gasteiger partial charge in [-0.3, -0.25) is 4.79 Å². The molecule has 5 nitrogen and oxygen atoms in total. The van der Waals surface area contributed by atoms with E-state index < -0.39 is 29.1 Å². The zero-order valence-corrected chi connectivity index (χ0v) is 15.1. The predicted octanol–water partition coefficient (Wildman–Crippen LogP) is 4.06. The lowest BCUT2D eigenvalue weighted by Crippen LogP contribution is -2.25. The van der Waals surface area contributed by atoms with Crippen molar-refractivity contribution in [2.45, 2.75) is 39.0 Å². The molecular formula is C19H19F3N2O3. The van der Waals surface area contributed by atoms with Crippen LogP contribution in [0.1, 0.15) is 52.7 Å². The van der Waals surface area contributed by atoms with Gasteiger partial charge in [-0.2, -0.15) is 13.2 Å². The number of esters is 1. The summed E-state index contributed by atoms with van der Waals surface area (Å²) >= 11 is 0. The molecule has 0 aliphatic rings. The number of nitrogens with two attached hydrogens (primary N) is 1. The Morgan fingerprint density at radius 1 is 1.15 bits per heavy atom. The average molecular weight is 380 g/mol. The molecule has 1 heterocycles. The molecule has 8 heteroatoms. The second-order valence-corrected chi connectivity index (χ2v) is 6.91. The van der Waals surface area contributed by atoms with Gasteiger partial charge < -0.3 is 10.5 Å². The zero-order chi connectivity index (χ0) is 20.4. The van der Waals surface area contributed by atoms with E-state index in [2.05, 4.69) is 4.98 Å². The van der Waals surface area contributed by atoms with Crippen LogP contribution in [0.2, 0.25) is 0 Å². The highest BCUT2D eigenvalue weighted by Crippen LogP contribution is 2.30. The lowest BCUT2D eigenvalue weighted by molar-refractivity contribution is -0.137. The number of pyridine rings is 1. The molecule has 0 aliphatic carbocycles. The Labute approximate surface area is 154 Å². The van der Waals surface area contributed by atoms with E-state index in [1.807, 2.05) is 0 Å². The van der Waals surface area contributed by atoms with E-state index in [4.69, 9.17) is 10.5 Å². The van der Waals surface area contributed by atoms with Crippen molar-refractivity contribution in [3.8, 4) is 0 Å². The molecule has 0 bridgehead atoms. The molecule has 1 aromatic heterocycles. The van der Waals surface area contributed by atoms with Gasteiger partial charge in [0.2, 0.25) is 0 Å². The lowest BCUT2D eigenvalue weighted by atomic mass is 10.00. The molecule has 0 radical (unpaired) electrons. The molecule has 2 rings (SSSR count). The molecule has 0 spiro atoms. The molecule has 0 fully saturated rings. The summed E-state index contributed by atoms with van der Waals surface area (Å²) in [7, 11) is 0. The number of anilines is 1. The highest BCUT2D eigenvalue weighted by atomic mass is 19.4. The molecule has 0 saturated carbocycles. The molecule has 0 saturated heterocycles. The van der Waals surface area contributed by atoms with Crippen molar-refractivity contribution < 1.29 is 27.5 Å². The average Bonchev–Trinajstić information content (AvgIpc) is 2.54. The van der Waals surface area contributed by atoms with E-state index in [0.717, 1.165) is 18.2 Å². The first-order valence-electron chi connectivity index (χ1n) is 8.05. The van der Waals surface area contributed by atoms with Gasteiger partial charge in [-0.05, 0) is 44.5 Å². The summed E-state index contributed by atoms with van der Waals surface area (Å²) in [4.78, 5) is 28.5. The maximum Gasteiger partial charge on any atom is 0.416 e. The summed E-state index contributed by atoms with van der Waals surface area (Å²) in [6, 6.07) is 5.57. The van der Waals surface area contributed by atoms with E-state index in [1.54, 1.807) is 20.8 Å². The van der Waals surface area contributed by atoms with Crippen LogP contribution in [0.5, 0.6) is 0 Å². The van der Waals surface area contributed by atoms with Crippen molar-refractivity contribution in [3.05, 3.63) is 58.9 Å². The summed E-state index contributed by atoms with van der Waals surface area (Å²) in [5, 5.41) is 0. The predicted molar refractivity (Wildman–Crippen MR) is 93.3 cm³/mol. The van der Waals surface area contributed by atoms with E-state index in [9.17, 15) is 22.8 Å². The van der Waals surface area contributed by atoms with E-state index in [0.29, 0.717) is 0 Å². The van der Waals surface area contributed by atoms with Gasteiger partial charge in [-0.15, -0.1) is 0 Å². The van der Waals surface area contributed by atoms with Gasteiger partial charge >= 0.3 is 12.1 Å². The number of alkyl halides is 3. The van der Waals surface area contributed by atoms with E-state index >= 15 is 0 Å². The molecule has 0 amide bonds. The molecule has 0 unspecified atom stereocenters. The fraction of sp³-hybridized carbons (Fsp3) is 0.316. The number of carbonyl (C=O) groups excluding carboxylic acids is 2. The summed E-state index contributed by atoms with van der Waals surface area (Å²) in [6.45, 7) is 5.05. The molecule has 27 heavy (non-hydrogen) atoms. The Hall–Kier alpha value is -2.90. The third-order valence-corrected chi connectivity index (χ3v) is 3.54. The minimum Gasteiger partial charge on any atom is -0.455 e. The Morgan fingerprint density at radius 3 is 2.41 bits per heavy atom. The number of hydrogen-bond donors (Lipinski definition) is 1. The Kier molecular flexibility index (Phi) is 5.58. The number of benzene rings is 1. The van der Waals surface area contributed by atoms with Crippen LogP contribution in [0.15, 0.2) is 36.5 Å². The topological polar surface area (TPSA) is 82.3 Å². The Balaban J connectivity index is 2.27. The van der Waals surface area contributed by atoms with E-state index in [-0.39, 0.29) is 28.9 Å². The molecule has 1 aromatic carbocycles. The number of hydrogen-bond acceptors (Lipinski definition) is 5. The SMILES string of the molecule is CC(C)(C)OC(=O)c1nccc(CC(=O)c2cccc(C(F)(F)F)c2)c1N. The van der Waals surface area contributed by atoms with Gasteiger partial charge in [0.05, 0.1) is 11.3 Å². The van der Waals surface area contributed by atoms with Crippen LogP contribution in [0, 0.1) is 0 Å². The summed E-state index contributed by atoms with van der Waals surface area (Å²) < 4.78 is 43.6. The van der Waals surface area contributed by atoms with Crippen LogP contribution in [0.3, 0.4) is 0 Å². The molecule has 2 aromatic rings. The Bertz CT molecular complexity index is 871. The smallest absolute Gasteiger partial charge is 0.416 e. The third kappa shape index (κ3) is 5.29. The van der Waals surface area contributed by atoms with Crippen LogP contribution in [0.25, 0.3) is 0 Å². The number of ether oxygens (including phenoxy) is 1. The van der Waals surface area contributed by atoms with Gasteiger partial charge in [0.1, 0.15) is 5.60 Å². The second kappa shape index (κ2) is 7.38. The first-order valence-corrected chi connectivity index (χ1v) is 8.05. The standard InChI is InChI=1S/C19H19F3N2O3/c1-18(2,3)27-17(26)16-15(23)12(7-8-24-16)10-14(25)11-5-4-6-13(9-11)19(20,21)22/h4-9H,10,23H2,1-3H3. The maximum atomic E-state index is 12.8. The number of aromatic nitrogens is 1. The zero-order valence-electron chi connectivity index (χ0n) is 15.1. The summed E-state index contributed by atoms with van der Waals surface area (Å²) in [6.07, 6.45) is -3.52. The van der Waals surface area contributed by atoms with Crippen molar-refractivity contribution >= 4 is 17.4 Å². The number of rotatable bonds is 4. The summed E-state index contributed by atoms with van der Waals surface area (Å²) in [5.74, 6) is -1.30. The van der Waals surface area contributed by atoms with Gasteiger partial charge in [0.25, 0.3) is 0 Å². The van der Waals surface area contributed by atoms with Crippen LogP contribution in [-0.2, 0) is 17.3 Å². The van der Waals surface area contributed by atoms with Gasteiger partial charge in [0, 0.05) is 18.2 Å². The van der Waals surface area contributed by atoms with Gasteiger partial charge in [-0.25, -0.2) is 9.78 Å². The molecule has 2 N–H and O–H groups in total. The van der Waals surface area contributed by atoms with Crippen molar-refractivity contribution in [2.24, 2.45) is 0 Å². The first kappa shape index (κ1) is 20.4. The normalized spacial score (nSPS) is 11.9. The lowest BCUT2D eigenvalue weighted by Gasteiger charge is -2.20. The number of halogens is 3. The second-order valence-electron chi connectivity index (χ2n) is 6.91. The highest BCUT2D eigenvalue weighted by Gasteiger charge is 2.31. The minimum atomic E-state index is -4.55. The number of carbonyl (C=O) groups is 2. The van der Waals surface area contributed by atoms with Crippen molar-refractivity contribution in [3.63, 3.8) is 0 Å². The van der Waals surface area contributed by atoms with Crippen molar-refractivity contribution in [1.82, 2.24) is 4.98 Å². The third-order valence-electron chi connectivity index (χ3n) is 3.54. The monoisotopic (exact) mass is 380 g/mol. The van der Waals surface area contributed by atoms with Crippen LogP contribution < -0.4 is 5.73 Å². The maximum absolute atomic E-state index is 12.8. The minimum absolute atomic E-state index is 0.0351. The number of Topliss-reactive ketones (excluding diaryl/α,β-unsaturated/α-hetero) is 1. The number of nitrogen functional groups attached to an aromatic ring is 1. The van der Waals surface area contributed by atoms with Gasteiger partial charge in [0.15, 0.2) is 11.5 Å². The molecule has 144 valence electrons. The fourth-order valence-corrected chi connectivity index (χ4v) is 2.30. The van der Waals surface area contributed by atoms with Crippen LogP contribution in [-0.4, -0.2) is 22.3 Å². The largest absolute Gasteiger partial charge is 0.455 e. The Morgan fingerprint density at radius 2 is 1.81 bits per heavy atom. The summed E-state index contributed by atoms with van der Waals surface area (Å²) in [5.41, 5.74) is 4.28. The number of ketones is 1. The number of nitrogens with zero attached hydrogens (tertiary/aromatic N) is 1. The molecule has 0 aliphatic heterocycles. The van der Waals surface area contributed by atoms with E-state index in [1.165, 1.54) is 18.3 Å². The molecular weight excluding hydrogens is 361 g/mol. The quantitative estimate of drug-likeness (QED) is 0.639. The van der Waals surface area contributed by atoms with Crippen LogP contribution in [0.4, 0.5) is 18.9 Å².